The Bertz CT molecular complexity index is 1040. The fourth-order valence-corrected chi connectivity index (χ4v) is 6.00. The standard InChI is InChI=1S/C19H20BrN3O3S2/c1-12-13(2)27-19(17(12)10-21)22-18(24)14-4-3-9-23(11-14)28(25,26)16-7-5-15(20)6-8-16/h5-8,14H,3-4,9,11H2,1-2H3,(H,22,24). The third-order valence-electron chi connectivity index (χ3n) is 4.94. The van der Waals surface area contributed by atoms with Crippen LogP contribution in [0.15, 0.2) is 33.6 Å². The lowest BCUT2D eigenvalue weighted by Crippen LogP contribution is -2.43. The second-order valence-corrected chi connectivity index (χ2v) is 10.8. The number of halogens is 1. The highest BCUT2D eigenvalue weighted by Gasteiger charge is 2.33. The summed E-state index contributed by atoms with van der Waals surface area (Å²) >= 11 is 4.68. The molecule has 1 aliphatic heterocycles. The van der Waals surface area contributed by atoms with Crippen molar-refractivity contribution in [3.05, 3.63) is 44.7 Å². The maximum atomic E-state index is 12.9. The maximum Gasteiger partial charge on any atom is 0.243 e. The molecule has 0 saturated carbocycles. The average molecular weight is 482 g/mol. The predicted octanol–water partition coefficient (Wildman–Crippen LogP) is 4.04. The second kappa shape index (κ2) is 8.33. The predicted molar refractivity (Wildman–Crippen MR) is 113 cm³/mol. The monoisotopic (exact) mass is 481 g/mol. The van der Waals surface area contributed by atoms with E-state index in [1.165, 1.54) is 15.6 Å². The van der Waals surface area contributed by atoms with E-state index < -0.39 is 15.9 Å². The molecule has 9 heteroatoms. The number of aryl methyl sites for hydroxylation is 1. The number of nitrogens with zero attached hydrogens (tertiary/aromatic N) is 2. The summed E-state index contributed by atoms with van der Waals surface area (Å²) in [5.41, 5.74) is 1.34. The molecule has 28 heavy (non-hydrogen) atoms. The normalized spacial score (nSPS) is 17.9. The van der Waals surface area contributed by atoms with Crippen LogP contribution < -0.4 is 5.32 Å². The van der Waals surface area contributed by atoms with Crippen molar-refractivity contribution in [3.63, 3.8) is 0 Å². The number of benzene rings is 1. The summed E-state index contributed by atoms with van der Waals surface area (Å²) in [6.45, 7) is 4.29. The van der Waals surface area contributed by atoms with Crippen LogP contribution >= 0.6 is 27.3 Å². The van der Waals surface area contributed by atoms with Gasteiger partial charge in [0.2, 0.25) is 15.9 Å². The summed E-state index contributed by atoms with van der Waals surface area (Å²) in [4.78, 5) is 14.0. The van der Waals surface area contributed by atoms with Crippen LogP contribution in [0.5, 0.6) is 0 Å². The van der Waals surface area contributed by atoms with Crippen LogP contribution in [0.3, 0.4) is 0 Å². The summed E-state index contributed by atoms with van der Waals surface area (Å²) in [5, 5.41) is 12.7. The Kier molecular flexibility index (Phi) is 6.25. The van der Waals surface area contributed by atoms with Gasteiger partial charge in [0.15, 0.2) is 0 Å². The minimum atomic E-state index is -3.65. The molecule has 2 aromatic rings. The van der Waals surface area contributed by atoms with Gasteiger partial charge >= 0.3 is 0 Å². The molecule has 0 radical (unpaired) electrons. The molecule has 6 nitrogen and oxygen atoms in total. The van der Waals surface area contributed by atoms with Crippen molar-refractivity contribution >= 4 is 48.2 Å². The number of rotatable bonds is 4. The first-order valence-corrected chi connectivity index (χ1v) is 11.9. The molecule has 1 amide bonds. The van der Waals surface area contributed by atoms with Crippen molar-refractivity contribution in [1.29, 1.82) is 5.26 Å². The lowest BCUT2D eigenvalue weighted by atomic mass is 9.99. The van der Waals surface area contributed by atoms with Gasteiger partial charge in [0, 0.05) is 22.4 Å². The van der Waals surface area contributed by atoms with Gasteiger partial charge in [-0.3, -0.25) is 4.79 Å². The van der Waals surface area contributed by atoms with E-state index in [1.54, 1.807) is 24.3 Å². The fraction of sp³-hybridized carbons (Fsp3) is 0.368. The number of hydrogen-bond donors (Lipinski definition) is 1. The number of piperidine rings is 1. The summed E-state index contributed by atoms with van der Waals surface area (Å²) < 4.78 is 28.0. The molecule has 3 rings (SSSR count). The van der Waals surface area contributed by atoms with Gasteiger partial charge in [0.25, 0.3) is 0 Å². The second-order valence-electron chi connectivity index (χ2n) is 6.74. The summed E-state index contributed by atoms with van der Waals surface area (Å²) in [6, 6.07) is 8.62. The van der Waals surface area contributed by atoms with Gasteiger partial charge in [-0.25, -0.2) is 8.42 Å². The van der Waals surface area contributed by atoms with Crippen LogP contribution in [-0.4, -0.2) is 31.7 Å². The van der Waals surface area contributed by atoms with E-state index in [1.807, 2.05) is 13.8 Å². The van der Waals surface area contributed by atoms with E-state index in [4.69, 9.17) is 0 Å². The van der Waals surface area contributed by atoms with Gasteiger partial charge < -0.3 is 5.32 Å². The van der Waals surface area contributed by atoms with Gasteiger partial charge in [-0.1, -0.05) is 15.9 Å². The van der Waals surface area contributed by atoms with Gasteiger partial charge in [0.1, 0.15) is 11.1 Å². The molecule has 1 fully saturated rings. The molecule has 1 N–H and O–H groups in total. The zero-order valence-electron chi connectivity index (χ0n) is 15.5. The molecule has 148 valence electrons. The summed E-state index contributed by atoms with van der Waals surface area (Å²) in [5.74, 6) is -0.693. The van der Waals surface area contributed by atoms with Gasteiger partial charge in [-0.2, -0.15) is 9.57 Å². The molecule has 1 aliphatic rings. The van der Waals surface area contributed by atoms with Crippen molar-refractivity contribution in [2.75, 3.05) is 18.4 Å². The van der Waals surface area contributed by atoms with E-state index in [0.29, 0.717) is 30.0 Å². The van der Waals surface area contributed by atoms with Crippen molar-refractivity contribution in [2.45, 2.75) is 31.6 Å². The number of nitriles is 1. The lowest BCUT2D eigenvalue weighted by Gasteiger charge is -2.31. The molecule has 0 spiro atoms. The molecule has 2 heterocycles. The number of thiophene rings is 1. The Morgan fingerprint density at radius 2 is 2.00 bits per heavy atom. The topological polar surface area (TPSA) is 90.3 Å². The first-order chi connectivity index (χ1) is 13.2. The zero-order valence-corrected chi connectivity index (χ0v) is 18.7. The highest BCUT2D eigenvalue weighted by molar-refractivity contribution is 9.10. The first kappa shape index (κ1) is 21.0. The highest BCUT2D eigenvalue weighted by Crippen LogP contribution is 2.33. The molecule has 0 aliphatic carbocycles. The van der Waals surface area contributed by atoms with Crippen LogP contribution in [0.4, 0.5) is 5.00 Å². The molecule has 0 bridgehead atoms. The third-order valence-corrected chi connectivity index (χ3v) is 8.47. The number of anilines is 1. The van der Waals surface area contributed by atoms with Gasteiger partial charge in [-0.05, 0) is 56.5 Å². The van der Waals surface area contributed by atoms with Crippen molar-refractivity contribution in [1.82, 2.24) is 4.31 Å². The summed E-state index contributed by atoms with van der Waals surface area (Å²) in [6.07, 6.45) is 1.23. The first-order valence-electron chi connectivity index (χ1n) is 8.80. The van der Waals surface area contributed by atoms with E-state index in [0.717, 1.165) is 14.9 Å². The smallest absolute Gasteiger partial charge is 0.243 e. The maximum absolute atomic E-state index is 12.9. The lowest BCUT2D eigenvalue weighted by molar-refractivity contribution is -0.120. The SMILES string of the molecule is Cc1sc(NC(=O)C2CCCN(S(=O)(=O)c3ccc(Br)cc3)C2)c(C#N)c1C. The highest BCUT2D eigenvalue weighted by atomic mass is 79.9. The zero-order chi connectivity index (χ0) is 20.5. The summed E-state index contributed by atoms with van der Waals surface area (Å²) in [7, 11) is -3.65. The van der Waals surface area contributed by atoms with E-state index >= 15 is 0 Å². The molecule has 1 saturated heterocycles. The molecule has 1 aromatic carbocycles. The average Bonchev–Trinajstić information content (AvgIpc) is 2.95. The largest absolute Gasteiger partial charge is 0.316 e. The Hall–Kier alpha value is -1.73. The number of amides is 1. The Morgan fingerprint density at radius 1 is 1.32 bits per heavy atom. The number of carbonyl (C=O) groups excluding carboxylic acids is 1. The van der Waals surface area contributed by atoms with Gasteiger partial charge in [0.05, 0.1) is 16.4 Å². The minimum absolute atomic E-state index is 0.134. The fourth-order valence-electron chi connectivity index (χ4n) is 3.19. The Balaban J connectivity index is 1.76. The number of nitrogens with one attached hydrogen (secondary N) is 1. The molecule has 1 aromatic heterocycles. The third kappa shape index (κ3) is 4.15. The van der Waals surface area contributed by atoms with Crippen molar-refractivity contribution < 1.29 is 13.2 Å². The van der Waals surface area contributed by atoms with Crippen LogP contribution in [0.1, 0.15) is 28.8 Å². The number of hydrogen-bond acceptors (Lipinski definition) is 5. The van der Waals surface area contributed by atoms with Crippen LogP contribution in [0.2, 0.25) is 0 Å². The van der Waals surface area contributed by atoms with E-state index in [-0.39, 0.29) is 17.3 Å². The molecular weight excluding hydrogens is 462 g/mol. The minimum Gasteiger partial charge on any atom is -0.316 e. The van der Waals surface area contributed by atoms with Crippen molar-refractivity contribution in [3.8, 4) is 6.07 Å². The molecular formula is C19H20BrN3O3S2. The molecule has 1 atom stereocenters. The Labute approximate surface area is 177 Å². The van der Waals surface area contributed by atoms with Crippen LogP contribution in [0, 0.1) is 31.1 Å². The van der Waals surface area contributed by atoms with Crippen LogP contribution in [-0.2, 0) is 14.8 Å². The number of carbonyl (C=O) groups is 1. The molecule has 1 unspecified atom stereocenters. The Morgan fingerprint density at radius 3 is 2.64 bits per heavy atom. The quantitative estimate of drug-likeness (QED) is 0.713. The number of sulfonamides is 1. The van der Waals surface area contributed by atoms with E-state index in [9.17, 15) is 18.5 Å². The van der Waals surface area contributed by atoms with Gasteiger partial charge in [-0.15, -0.1) is 11.3 Å². The van der Waals surface area contributed by atoms with Crippen LogP contribution in [0.25, 0.3) is 0 Å². The van der Waals surface area contributed by atoms with E-state index in [2.05, 4.69) is 27.3 Å². The van der Waals surface area contributed by atoms with Crippen molar-refractivity contribution in [2.24, 2.45) is 5.92 Å².